The molecule has 0 aliphatic carbocycles. The average molecular weight is 281 g/mol. The largest absolute Gasteiger partial charge is 0.493 e. The highest BCUT2D eigenvalue weighted by atomic mass is 16.5. The Labute approximate surface area is 122 Å². The summed E-state index contributed by atoms with van der Waals surface area (Å²) < 4.78 is 16.5. The standard InChI is InChI=1S/C16H27NO3/c1-12(2)9-17-10-14-7-6-8-15(19-5)16(14)20-11-13(3)18-4/h6-8,12-13,17H,9-11H2,1-5H3. The van der Waals surface area contributed by atoms with Gasteiger partial charge < -0.3 is 19.5 Å². The van der Waals surface area contributed by atoms with Crippen LogP contribution >= 0.6 is 0 Å². The van der Waals surface area contributed by atoms with E-state index < -0.39 is 0 Å². The third-order valence-electron chi connectivity index (χ3n) is 3.01. The smallest absolute Gasteiger partial charge is 0.165 e. The quantitative estimate of drug-likeness (QED) is 0.755. The number of nitrogens with one attached hydrogen (secondary N) is 1. The van der Waals surface area contributed by atoms with E-state index in [0.29, 0.717) is 12.5 Å². The second-order valence-corrected chi connectivity index (χ2v) is 5.33. The van der Waals surface area contributed by atoms with Crippen LogP contribution in [-0.4, -0.2) is 33.5 Å². The highest BCUT2D eigenvalue weighted by Crippen LogP contribution is 2.31. The highest BCUT2D eigenvalue weighted by molar-refractivity contribution is 5.46. The minimum atomic E-state index is 0.0522. The van der Waals surface area contributed by atoms with E-state index in [1.165, 1.54) is 0 Å². The maximum absolute atomic E-state index is 5.88. The van der Waals surface area contributed by atoms with E-state index in [2.05, 4.69) is 25.2 Å². The Morgan fingerprint density at radius 1 is 1.15 bits per heavy atom. The van der Waals surface area contributed by atoms with Gasteiger partial charge in [0.15, 0.2) is 11.5 Å². The lowest BCUT2D eigenvalue weighted by molar-refractivity contribution is 0.0701. The normalized spacial score (nSPS) is 12.5. The Hall–Kier alpha value is -1.26. The summed E-state index contributed by atoms with van der Waals surface area (Å²) in [5.74, 6) is 2.19. The van der Waals surface area contributed by atoms with Gasteiger partial charge in [0.05, 0.1) is 13.2 Å². The van der Waals surface area contributed by atoms with Crippen molar-refractivity contribution >= 4 is 0 Å². The molecule has 4 heteroatoms. The molecule has 0 saturated heterocycles. The van der Waals surface area contributed by atoms with Crippen LogP contribution in [0.4, 0.5) is 0 Å². The zero-order chi connectivity index (χ0) is 15.0. The van der Waals surface area contributed by atoms with Crippen molar-refractivity contribution in [1.82, 2.24) is 5.32 Å². The van der Waals surface area contributed by atoms with Gasteiger partial charge in [0, 0.05) is 19.2 Å². The minimum absolute atomic E-state index is 0.0522. The molecule has 0 spiro atoms. The van der Waals surface area contributed by atoms with Crippen molar-refractivity contribution in [3.8, 4) is 11.5 Å². The molecule has 1 unspecified atom stereocenters. The van der Waals surface area contributed by atoms with E-state index in [4.69, 9.17) is 14.2 Å². The lowest BCUT2D eigenvalue weighted by atomic mass is 10.1. The number of hydrogen-bond acceptors (Lipinski definition) is 4. The molecule has 1 rings (SSSR count). The summed E-state index contributed by atoms with van der Waals surface area (Å²) in [5.41, 5.74) is 1.10. The Kier molecular flexibility index (Phi) is 7.41. The minimum Gasteiger partial charge on any atom is -0.493 e. The Balaban J connectivity index is 2.75. The van der Waals surface area contributed by atoms with Crippen LogP contribution in [0.15, 0.2) is 18.2 Å². The molecule has 1 N–H and O–H groups in total. The highest BCUT2D eigenvalue weighted by Gasteiger charge is 2.12. The number of methoxy groups -OCH3 is 2. The third-order valence-corrected chi connectivity index (χ3v) is 3.01. The van der Waals surface area contributed by atoms with E-state index in [1.54, 1.807) is 14.2 Å². The van der Waals surface area contributed by atoms with E-state index >= 15 is 0 Å². The fraction of sp³-hybridized carbons (Fsp3) is 0.625. The van der Waals surface area contributed by atoms with Gasteiger partial charge in [0.25, 0.3) is 0 Å². The van der Waals surface area contributed by atoms with Gasteiger partial charge >= 0.3 is 0 Å². The molecule has 0 aliphatic rings. The third kappa shape index (κ3) is 5.39. The first kappa shape index (κ1) is 16.8. The van der Waals surface area contributed by atoms with Gasteiger partial charge in [-0.3, -0.25) is 0 Å². The summed E-state index contributed by atoms with van der Waals surface area (Å²) in [6.45, 7) is 8.61. The molecular weight excluding hydrogens is 254 g/mol. The van der Waals surface area contributed by atoms with E-state index in [-0.39, 0.29) is 6.10 Å². The molecule has 0 heterocycles. The summed E-state index contributed by atoms with van der Waals surface area (Å²) in [7, 11) is 3.34. The molecule has 4 nitrogen and oxygen atoms in total. The van der Waals surface area contributed by atoms with Crippen molar-refractivity contribution in [1.29, 1.82) is 0 Å². The van der Waals surface area contributed by atoms with Crippen LogP contribution in [0.2, 0.25) is 0 Å². The first-order chi connectivity index (χ1) is 9.58. The monoisotopic (exact) mass is 281 g/mol. The molecule has 1 aromatic rings. The van der Waals surface area contributed by atoms with Crippen molar-refractivity contribution < 1.29 is 14.2 Å². The molecule has 0 amide bonds. The lowest BCUT2D eigenvalue weighted by Crippen LogP contribution is -2.21. The topological polar surface area (TPSA) is 39.7 Å². The number of rotatable bonds is 9. The maximum atomic E-state index is 5.88. The predicted molar refractivity (Wildman–Crippen MR) is 81.5 cm³/mol. The second kappa shape index (κ2) is 8.82. The zero-order valence-corrected chi connectivity index (χ0v) is 13.2. The number of ether oxygens (including phenoxy) is 3. The summed E-state index contributed by atoms with van der Waals surface area (Å²) in [5, 5.41) is 3.43. The van der Waals surface area contributed by atoms with Gasteiger partial charge in [0.2, 0.25) is 0 Å². The van der Waals surface area contributed by atoms with Crippen molar-refractivity contribution in [2.45, 2.75) is 33.4 Å². The van der Waals surface area contributed by atoms with Gasteiger partial charge in [-0.2, -0.15) is 0 Å². The molecule has 1 aromatic carbocycles. The summed E-state index contributed by atoms with van der Waals surface area (Å²) >= 11 is 0. The van der Waals surface area contributed by atoms with Crippen LogP contribution < -0.4 is 14.8 Å². The van der Waals surface area contributed by atoms with Crippen LogP contribution in [0.1, 0.15) is 26.3 Å². The lowest BCUT2D eigenvalue weighted by Gasteiger charge is -2.18. The van der Waals surface area contributed by atoms with Crippen LogP contribution in [-0.2, 0) is 11.3 Å². The first-order valence-corrected chi connectivity index (χ1v) is 7.10. The number of hydrogen-bond donors (Lipinski definition) is 1. The maximum Gasteiger partial charge on any atom is 0.165 e. The fourth-order valence-corrected chi connectivity index (χ4v) is 1.79. The summed E-state index contributed by atoms with van der Waals surface area (Å²) in [6, 6.07) is 5.96. The fourth-order valence-electron chi connectivity index (χ4n) is 1.79. The molecular formula is C16H27NO3. The van der Waals surface area contributed by atoms with Crippen molar-refractivity contribution in [2.75, 3.05) is 27.4 Å². The molecule has 0 saturated carbocycles. The number of para-hydroxylation sites is 1. The molecule has 0 radical (unpaired) electrons. The van der Waals surface area contributed by atoms with Crippen LogP contribution in [0.25, 0.3) is 0 Å². The zero-order valence-electron chi connectivity index (χ0n) is 13.2. The van der Waals surface area contributed by atoms with E-state index in [9.17, 15) is 0 Å². The van der Waals surface area contributed by atoms with Gasteiger partial charge in [-0.1, -0.05) is 26.0 Å². The molecule has 0 aliphatic heterocycles. The Morgan fingerprint density at radius 3 is 2.50 bits per heavy atom. The van der Waals surface area contributed by atoms with Crippen LogP contribution in [0.3, 0.4) is 0 Å². The van der Waals surface area contributed by atoms with Crippen molar-refractivity contribution in [2.24, 2.45) is 5.92 Å². The van der Waals surface area contributed by atoms with Gasteiger partial charge in [-0.25, -0.2) is 0 Å². The van der Waals surface area contributed by atoms with Crippen molar-refractivity contribution in [3.63, 3.8) is 0 Å². The van der Waals surface area contributed by atoms with E-state index in [0.717, 1.165) is 30.2 Å². The molecule has 0 bridgehead atoms. The summed E-state index contributed by atoms with van der Waals surface area (Å²) in [6.07, 6.45) is 0.0522. The van der Waals surface area contributed by atoms with Crippen molar-refractivity contribution in [3.05, 3.63) is 23.8 Å². The Bertz CT molecular complexity index is 393. The summed E-state index contributed by atoms with van der Waals surface area (Å²) in [4.78, 5) is 0. The molecule has 114 valence electrons. The van der Waals surface area contributed by atoms with E-state index in [1.807, 2.05) is 19.1 Å². The van der Waals surface area contributed by atoms with Crippen LogP contribution in [0.5, 0.6) is 11.5 Å². The Morgan fingerprint density at radius 2 is 1.90 bits per heavy atom. The second-order valence-electron chi connectivity index (χ2n) is 5.33. The molecule has 20 heavy (non-hydrogen) atoms. The molecule has 1 atom stereocenters. The van der Waals surface area contributed by atoms with Gasteiger partial charge in [-0.05, 0) is 25.5 Å². The van der Waals surface area contributed by atoms with Gasteiger partial charge in [-0.15, -0.1) is 0 Å². The first-order valence-electron chi connectivity index (χ1n) is 7.10. The molecule has 0 fully saturated rings. The van der Waals surface area contributed by atoms with Gasteiger partial charge in [0.1, 0.15) is 6.61 Å². The number of benzene rings is 1. The molecule has 0 aromatic heterocycles. The average Bonchev–Trinajstić information content (AvgIpc) is 2.44. The van der Waals surface area contributed by atoms with Crippen LogP contribution in [0, 0.1) is 5.92 Å². The predicted octanol–water partition coefficient (Wildman–Crippen LogP) is 2.85. The SMILES string of the molecule is COc1cccc(CNCC(C)C)c1OCC(C)OC.